The van der Waals surface area contributed by atoms with Crippen LogP contribution in [0.4, 0.5) is 0 Å². The van der Waals surface area contributed by atoms with Crippen molar-refractivity contribution in [3.05, 3.63) is 59.4 Å². The Labute approximate surface area is 174 Å². The number of rotatable bonds is 4. The maximum Gasteiger partial charge on any atom is 0.274 e. The third-order valence-electron chi connectivity index (χ3n) is 4.91. The molecule has 3 heterocycles. The Hall–Kier alpha value is -2.28. The topological polar surface area (TPSA) is 77.3 Å². The summed E-state index contributed by atoms with van der Waals surface area (Å²) in [6, 6.07) is 12.8. The molecule has 3 aromatic rings. The first kappa shape index (κ1) is 20.5. The summed E-state index contributed by atoms with van der Waals surface area (Å²) in [7, 11) is 0. The summed E-state index contributed by atoms with van der Waals surface area (Å²) in [6.07, 6.45) is 4.62. The van der Waals surface area contributed by atoms with Crippen LogP contribution >= 0.6 is 24.0 Å². The van der Waals surface area contributed by atoms with Gasteiger partial charge in [-0.05, 0) is 49.6 Å². The molecule has 1 aliphatic heterocycles. The van der Waals surface area contributed by atoms with Crippen LogP contribution in [-0.4, -0.2) is 39.7 Å². The average Bonchev–Trinajstić information content (AvgIpc) is 3.37. The summed E-state index contributed by atoms with van der Waals surface area (Å²) in [6.45, 7) is 1.17. The highest BCUT2D eigenvalue weighted by atomic mass is 35.5. The zero-order chi connectivity index (χ0) is 18.8. The van der Waals surface area contributed by atoms with E-state index in [2.05, 4.69) is 5.10 Å². The maximum atomic E-state index is 13.1. The number of carbonyl (C=O) groups excluding carboxylic acids is 1. The molecule has 1 aliphatic rings. The second-order valence-corrected chi connectivity index (χ2v) is 7.10. The number of hydrogen-bond acceptors (Lipinski definition) is 4. The molecule has 2 N–H and O–H groups in total. The van der Waals surface area contributed by atoms with Gasteiger partial charge in [0.2, 0.25) is 0 Å². The first-order valence-corrected chi connectivity index (χ1v) is 9.46. The summed E-state index contributed by atoms with van der Waals surface area (Å²) >= 11 is 6.15. The molecule has 1 amide bonds. The largest absolute Gasteiger partial charge is 0.463 e. The van der Waals surface area contributed by atoms with Crippen LogP contribution in [0.1, 0.15) is 29.8 Å². The van der Waals surface area contributed by atoms with E-state index in [-0.39, 0.29) is 24.4 Å². The predicted octanol–water partition coefficient (Wildman–Crippen LogP) is 4.16. The van der Waals surface area contributed by atoms with Gasteiger partial charge >= 0.3 is 0 Å². The van der Waals surface area contributed by atoms with Crippen molar-refractivity contribution in [2.24, 2.45) is 5.73 Å². The third kappa shape index (κ3) is 3.94. The number of halogens is 2. The molecule has 0 bridgehead atoms. The number of amides is 1. The van der Waals surface area contributed by atoms with Crippen molar-refractivity contribution in [1.29, 1.82) is 0 Å². The van der Waals surface area contributed by atoms with Crippen molar-refractivity contribution in [3.63, 3.8) is 0 Å². The van der Waals surface area contributed by atoms with E-state index < -0.39 is 0 Å². The van der Waals surface area contributed by atoms with E-state index in [1.54, 1.807) is 35.2 Å². The summed E-state index contributed by atoms with van der Waals surface area (Å²) in [5, 5.41) is 5.19. The van der Waals surface area contributed by atoms with Crippen molar-refractivity contribution in [2.45, 2.75) is 25.3 Å². The molecule has 28 heavy (non-hydrogen) atoms. The number of carbonyl (C=O) groups is 1. The number of furan rings is 1. The number of likely N-dealkylation sites (tertiary alicyclic amines) is 1. The zero-order valence-corrected chi connectivity index (χ0v) is 16.8. The Balaban J connectivity index is 0.00000225. The Morgan fingerprint density at radius 2 is 2.11 bits per heavy atom. The van der Waals surface area contributed by atoms with Crippen LogP contribution in [0.2, 0.25) is 5.02 Å². The summed E-state index contributed by atoms with van der Waals surface area (Å²) in [4.78, 5) is 15.0. The van der Waals surface area contributed by atoms with E-state index in [4.69, 9.17) is 21.8 Å². The van der Waals surface area contributed by atoms with Crippen molar-refractivity contribution < 1.29 is 9.21 Å². The van der Waals surface area contributed by atoms with Crippen LogP contribution < -0.4 is 5.73 Å². The van der Waals surface area contributed by atoms with Crippen LogP contribution in [0.3, 0.4) is 0 Å². The number of hydrogen-bond donors (Lipinski definition) is 1. The minimum absolute atomic E-state index is 0. The number of nitrogens with two attached hydrogens (primary N) is 1. The minimum Gasteiger partial charge on any atom is -0.463 e. The van der Waals surface area contributed by atoms with Gasteiger partial charge in [0.1, 0.15) is 5.69 Å². The normalized spacial score (nSPS) is 16.6. The highest BCUT2D eigenvalue weighted by Crippen LogP contribution is 2.27. The summed E-state index contributed by atoms with van der Waals surface area (Å²) in [5.41, 5.74) is 7.72. The first-order valence-electron chi connectivity index (χ1n) is 9.08. The van der Waals surface area contributed by atoms with Gasteiger partial charge in [0, 0.05) is 30.2 Å². The molecule has 0 saturated carbocycles. The van der Waals surface area contributed by atoms with Crippen LogP contribution in [0.15, 0.2) is 53.1 Å². The van der Waals surface area contributed by atoms with Gasteiger partial charge in [-0.25, -0.2) is 4.68 Å². The molecule has 1 fully saturated rings. The lowest BCUT2D eigenvalue weighted by molar-refractivity contribution is 0.0617. The molecule has 0 radical (unpaired) electrons. The molecule has 4 rings (SSSR count). The quantitative estimate of drug-likeness (QED) is 0.686. The Kier molecular flexibility index (Phi) is 6.44. The molecular formula is C20H22Cl2N4O2. The summed E-state index contributed by atoms with van der Waals surface area (Å²) in [5.74, 6) is 0.536. The monoisotopic (exact) mass is 420 g/mol. The average molecular weight is 421 g/mol. The molecule has 1 aromatic carbocycles. The van der Waals surface area contributed by atoms with Gasteiger partial charge in [-0.1, -0.05) is 17.7 Å². The highest BCUT2D eigenvalue weighted by Gasteiger charge is 2.29. The molecule has 0 spiro atoms. The van der Waals surface area contributed by atoms with E-state index in [0.717, 1.165) is 24.9 Å². The lowest BCUT2D eigenvalue weighted by Gasteiger charge is -2.34. The maximum absolute atomic E-state index is 13.1. The molecule has 8 heteroatoms. The van der Waals surface area contributed by atoms with Gasteiger partial charge in [0.15, 0.2) is 11.5 Å². The van der Waals surface area contributed by atoms with E-state index in [1.807, 2.05) is 23.1 Å². The van der Waals surface area contributed by atoms with Crippen LogP contribution in [0.25, 0.3) is 17.1 Å². The second-order valence-electron chi connectivity index (χ2n) is 6.67. The second kappa shape index (κ2) is 8.82. The van der Waals surface area contributed by atoms with Gasteiger partial charge in [0.25, 0.3) is 5.91 Å². The van der Waals surface area contributed by atoms with Gasteiger partial charge in [-0.3, -0.25) is 4.79 Å². The molecule has 148 valence electrons. The van der Waals surface area contributed by atoms with Gasteiger partial charge in [-0.2, -0.15) is 5.10 Å². The Morgan fingerprint density at radius 1 is 1.25 bits per heavy atom. The van der Waals surface area contributed by atoms with Crippen LogP contribution in [0, 0.1) is 0 Å². The van der Waals surface area contributed by atoms with Crippen LogP contribution in [0.5, 0.6) is 0 Å². The van der Waals surface area contributed by atoms with Gasteiger partial charge in [0.05, 0.1) is 12.0 Å². The molecule has 6 nitrogen and oxygen atoms in total. The fraction of sp³-hybridized carbons (Fsp3) is 0.300. The first-order chi connectivity index (χ1) is 13.2. The van der Waals surface area contributed by atoms with E-state index in [0.29, 0.717) is 35.3 Å². The van der Waals surface area contributed by atoms with E-state index in [1.165, 1.54) is 0 Å². The standard InChI is InChI=1S/C20H21ClN4O2.ClH/c21-14-5-3-7-15(11-14)25-18(19-8-4-10-27-19)12-17(23-25)20(26)24-9-2-1-6-16(24)13-22;/h3-5,7-8,10-12,16H,1-2,6,9,13,22H2;1H. The molecule has 1 unspecified atom stereocenters. The number of aromatic nitrogens is 2. The van der Waals surface area contributed by atoms with Crippen molar-refractivity contribution in [1.82, 2.24) is 14.7 Å². The smallest absolute Gasteiger partial charge is 0.274 e. The summed E-state index contributed by atoms with van der Waals surface area (Å²) < 4.78 is 7.25. The lowest BCUT2D eigenvalue weighted by Crippen LogP contribution is -2.47. The SMILES string of the molecule is Cl.NCC1CCCCN1C(=O)c1cc(-c2ccco2)n(-c2cccc(Cl)c2)n1. The fourth-order valence-corrected chi connectivity index (χ4v) is 3.73. The number of nitrogens with zero attached hydrogens (tertiary/aromatic N) is 3. The third-order valence-corrected chi connectivity index (χ3v) is 5.15. The van der Waals surface area contributed by atoms with Crippen molar-refractivity contribution >= 4 is 29.9 Å². The Morgan fingerprint density at radius 3 is 2.82 bits per heavy atom. The zero-order valence-electron chi connectivity index (χ0n) is 15.3. The van der Waals surface area contributed by atoms with Crippen LogP contribution in [-0.2, 0) is 0 Å². The molecule has 1 saturated heterocycles. The minimum atomic E-state index is -0.0984. The fourth-order valence-electron chi connectivity index (χ4n) is 3.55. The molecule has 2 aromatic heterocycles. The molecule has 1 atom stereocenters. The number of piperidine rings is 1. The lowest BCUT2D eigenvalue weighted by atomic mass is 10.0. The molecule has 0 aliphatic carbocycles. The predicted molar refractivity (Wildman–Crippen MR) is 111 cm³/mol. The van der Waals surface area contributed by atoms with Gasteiger partial charge in [-0.15, -0.1) is 12.4 Å². The molecular weight excluding hydrogens is 399 g/mol. The highest BCUT2D eigenvalue weighted by molar-refractivity contribution is 6.30. The van der Waals surface area contributed by atoms with Crippen molar-refractivity contribution in [2.75, 3.05) is 13.1 Å². The van der Waals surface area contributed by atoms with E-state index in [9.17, 15) is 4.79 Å². The van der Waals surface area contributed by atoms with Crippen molar-refractivity contribution in [3.8, 4) is 17.1 Å². The van der Waals surface area contributed by atoms with E-state index >= 15 is 0 Å². The van der Waals surface area contributed by atoms with Gasteiger partial charge < -0.3 is 15.1 Å². The Bertz CT molecular complexity index is 940. The number of benzene rings is 1.